The molecule has 2 N–H and O–H groups in total. The van der Waals surface area contributed by atoms with Gasteiger partial charge in [0, 0.05) is 38.1 Å². The van der Waals surface area contributed by atoms with Crippen LogP contribution >= 0.6 is 0 Å². The first-order valence-corrected chi connectivity index (χ1v) is 10.8. The highest BCUT2D eigenvalue weighted by atomic mass is 19.4. The second kappa shape index (κ2) is 9.41. The fraction of sp³-hybridized carbons (Fsp3) is 0.455. The summed E-state index contributed by atoms with van der Waals surface area (Å²) in [6.45, 7) is 2.98. The minimum atomic E-state index is -4.99. The number of amides is 1. The molecule has 184 valence electrons. The number of aromatic nitrogens is 1. The fourth-order valence-electron chi connectivity index (χ4n) is 4.54. The lowest BCUT2D eigenvalue weighted by molar-refractivity contribution is -0.143. The molecule has 2 aliphatic heterocycles. The highest BCUT2D eigenvalue weighted by Crippen LogP contribution is 2.37. The van der Waals surface area contributed by atoms with Gasteiger partial charge in [0.15, 0.2) is 0 Å². The molecule has 1 aromatic carbocycles. The Hall–Kier alpha value is -2.86. The highest BCUT2D eigenvalue weighted by molar-refractivity contribution is 5.84. The summed E-state index contributed by atoms with van der Waals surface area (Å²) in [5, 5.41) is 0. The van der Waals surface area contributed by atoms with Gasteiger partial charge in [-0.3, -0.25) is 30.4 Å². The van der Waals surface area contributed by atoms with E-state index in [-0.39, 0.29) is 6.07 Å². The maximum Gasteiger partial charge on any atom is 0.416 e. The topological polar surface area (TPSA) is 60.5 Å². The van der Waals surface area contributed by atoms with E-state index in [1.807, 2.05) is 4.90 Å². The Bertz CT molecular complexity index is 981. The normalized spacial score (nSPS) is 20.6. The summed E-state index contributed by atoms with van der Waals surface area (Å²) in [4.78, 5) is 21.5. The van der Waals surface area contributed by atoms with Gasteiger partial charge in [-0.15, -0.1) is 0 Å². The molecule has 6 nitrogen and oxygen atoms in total. The van der Waals surface area contributed by atoms with E-state index < -0.39 is 41.1 Å². The number of halogens is 6. The number of nitrogens with zero attached hydrogens (tertiary/aromatic N) is 3. The van der Waals surface area contributed by atoms with Crippen molar-refractivity contribution in [3.05, 3.63) is 59.4 Å². The highest BCUT2D eigenvalue weighted by Gasteiger charge is 2.38. The Morgan fingerprint density at radius 2 is 1.74 bits per heavy atom. The Morgan fingerprint density at radius 3 is 2.35 bits per heavy atom. The van der Waals surface area contributed by atoms with Crippen LogP contribution in [0, 0.1) is 0 Å². The Kier molecular flexibility index (Phi) is 6.72. The maximum absolute atomic E-state index is 13.2. The second-order valence-electron chi connectivity index (χ2n) is 8.42. The molecule has 0 radical (unpaired) electrons. The van der Waals surface area contributed by atoms with Crippen LogP contribution in [0.15, 0.2) is 42.7 Å². The zero-order chi connectivity index (χ0) is 24.5. The molecule has 2 atom stereocenters. The van der Waals surface area contributed by atoms with Crippen molar-refractivity contribution in [2.24, 2.45) is 0 Å². The molecule has 1 aromatic heterocycles. The first kappa shape index (κ1) is 24.3. The van der Waals surface area contributed by atoms with E-state index in [1.165, 1.54) is 6.20 Å². The molecule has 2 fully saturated rings. The molecule has 0 unspecified atom stereocenters. The van der Waals surface area contributed by atoms with Gasteiger partial charge < -0.3 is 0 Å². The van der Waals surface area contributed by atoms with Gasteiger partial charge in [-0.25, -0.2) is 0 Å². The number of benzene rings is 1. The van der Waals surface area contributed by atoms with Gasteiger partial charge in [-0.2, -0.15) is 26.3 Å². The molecule has 3 heterocycles. The zero-order valence-corrected chi connectivity index (χ0v) is 18.0. The summed E-state index contributed by atoms with van der Waals surface area (Å²) in [5.74, 6) is -0.606. The Morgan fingerprint density at radius 1 is 1.03 bits per heavy atom. The minimum absolute atomic E-state index is 0.0343. The third kappa shape index (κ3) is 5.44. The number of anilines is 1. The Labute approximate surface area is 191 Å². The zero-order valence-electron chi connectivity index (χ0n) is 18.0. The van der Waals surface area contributed by atoms with E-state index >= 15 is 0 Å². The molecule has 1 amide bonds. The predicted octanol–water partition coefficient (Wildman–Crippen LogP) is 4.08. The van der Waals surface area contributed by atoms with Gasteiger partial charge in [0.05, 0.1) is 16.8 Å². The van der Waals surface area contributed by atoms with Gasteiger partial charge in [-0.05, 0) is 49.2 Å². The van der Waals surface area contributed by atoms with Gasteiger partial charge in [0.25, 0.3) is 5.91 Å². The molecule has 0 bridgehead atoms. The summed E-state index contributed by atoms with van der Waals surface area (Å²) >= 11 is 0. The van der Waals surface area contributed by atoms with Crippen LogP contribution in [0.5, 0.6) is 0 Å². The SMILES string of the molecule is O=C(NNc1cc(C(F)(F)F)cc(C(F)(F)F)c1)[C@H](c1cccnc1)N1CCN2CCC[C@@H]2C1. The molecule has 0 saturated carbocycles. The average Bonchev–Trinajstić information content (AvgIpc) is 3.25. The van der Waals surface area contributed by atoms with Crippen molar-refractivity contribution in [1.82, 2.24) is 20.2 Å². The molecule has 0 aliphatic carbocycles. The van der Waals surface area contributed by atoms with Crippen LogP contribution in [-0.2, 0) is 17.1 Å². The summed E-state index contributed by atoms with van der Waals surface area (Å²) < 4.78 is 78.8. The van der Waals surface area contributed by atoms with Crippen molar-refractivity contribution in [2.45, 2.75) is 37.3 Å². The first-order chi connectivity index (χ1) is 16.0. The van der Waals surface area contributed by atoms with E-state index in [1.54, 1.807) is 18.3 Å². The number of rotatable bonds is 5. The molecule has 2 aliphatic rings. The van der Waals surface area contributed by atoms with Crippen molar-refractivity contribution >= 4 is 11.6 Å². The Balaban J connectivity index is 1.55. The molecule has 12 heteroatoms. The molecule has 0 spiro atoms. The van der Waals surface area contributed by atoms with Gasteiger partial charge in [0.2, 0.25) is 0 Å². The number of hydrazine groups is 1. The predicted molar refractivity (Wildman–Crippen MR) is 111 cm³/mol. The van der Waals surface area contributed by atoms with Gasteiger partial charge in [-0.1, -0.05) is 6.07 Å². The number of fused-ring (bicyclic) bond motifs is 1. The number of carbonyl (C=O) groups excluding carboxylic acids is 1. The van der Waals surface area contributed by atoms with Crippen molar-refractivity contribution in [1.29, 1.82) is 0 Å². The van der Waals surface area contributed by atoms with Gasteiger partial charge in [0.1, 0.15) is 6.04 Å². The minimum Gasteiger partial charge on any atom is -0.299 e. The van der Waals surface area contributed by atoms with Crippen LogP contribution < -0.4 is 10.9 Å². The largest absolute Gasteiger partial charge is 0.416 e. The molecular formula is C22H23F6N5O. The van der Waals surface area contributed by atoms with Crippen LogP contribution in [0.2, 0.25) is 0 Å². The van der Waals surface area contributed by atoms with Crippen molar-refractivity contribution in [3.63, 3.8) is 0 Å². The quantitative estimate of drug-likeness (QED) is 0.492. The number of nitrogens with one attached hydrogen (secondary N) is 2. The van der Waals surface area contributed by atoms with E-state index in [9.17, 15) is 31.1 Å². The summed E-state index contributed by atoms with van der Waals surface area (Å²) in [5.41, 5.74) is 1.66. The van der Waals surface area contributed by atoms with E-state index in [4.69, 9.17) is 0 Å². The third-order valence-electron chi connectivity index (χ3n) is 6.15. The van der Waals surface area contributed by atoms with Crippen molar-refractivity contribution in [3.8, 4) is 0 Å². The van der Waals surface area contributed by atoms with Crippen LogP contribution in [0.25, 0.3) is 0 Å². The molecule has 2 aromatic rings. The van der Waals surface area contributed by atoms with Crippen LogP contribution in [0.3, 0.4) is 0 Å². The maximum atomic E-state index is 13.2. The number of alkyl halides is 6. The monoisotopic (exact) mass is 487 g/mol. The standard InChI is InChI=1S/C22H23F6N5O/c23-21(24,25)15-9-16(22(26,27)28)11-17(10-15)30-31-20(34)19(14-3-1-5-29-12-14)33-8-7-32-6-2-4-18(32)13-33/h1,3,5,9-12,18-19,30H,2,4,6-8,13H2,(H,31,34)/t18-,19+/m1/s1. The summed E-state index contributed by atoms with van der Waals surface area (Å²) in [6.07, 6.45) is -4.83. The lowest BCUT2D eigenvalue weighted by Gasteiger charge is -2.41. The van der Waals surface area contributed by atoms with E-state index in [0.717, 1.165) is 25.9 Å². The number of carbonyl (C=O) groups is 1. The number of piperazine rings is 1. The van der Waals surface area contributed by atoms with Crippen molar-refractivity contribution < 1.29 is 31.1 Å². The lowest BCUT2D eigenvalue weighted by atomic mass is 10.0. The van der Waals surface area contributed by atoms with Crippen LogP contribution in [0.4, 0.5) is 32.0 Å². The van der Waals surface area contributed by atoms with E-state index in [2.05, 4.69) is 20.7 Å². The second-order valence-corrected chi connectivity index (χ2v) is 8.42. The number of hydrogen-bond donors (Lipinski definition) is 2. The van der Waals surface area contributed by atoms with Crippen LogP contribution in [-0.4, -0.2) is 52.9 Å². The third-order valence-corrected chi connectivity index (χ3v) is 6.15. The fourth-order valence-corrected chi connectivity index (χ4v) is 4.54. The molecule has 4 rings (SSSR count). The van der Waals surface area contributed by atoms with Gasteiger partial charge >= 0.3 is 12.4 Å². The summed E-state index contributed by atoms with van der Waals surface area (Å²) in [7, 11) is 0. The van der Waals surface area contributed by atoms with Crippen LogP contribution in [0.1, 0.15) is 35.6 Å². The average molecular weight is 487 g/mol. The molecule has 34 heavy (non-hydrogen) atoms. The van der Waals surface area contributed by atoms with Crippen molar-refractivity contribution in [2.75, 3.05) is 31.6 Å². The number of hydrogen-bond acceptors (Lipinski definition) is 5. The smallest absolute Gasteiger partial charge is 0.299 e. The number of pyridine rings is 1. The first-order valence-electron chi connectivity index (χ1n) is 10.8. The molecular weight excluding hydrogens is 464 g/mol. The summed E-state index contributed by atoms with van der Waals surface area (Å²) in [6, 6.07) is 3.94. The lowest BCUT2D eigenvalue weighted by Crippen LogP contribution is -2.54. The molecule has 2 saturated heterocycles. The van der Waals surface area contributed by atoms with E-state index in [0.29, 0.717) is 36.8 Å².